The number of hydrogen-bond donors (Lipinski definition) is 1. The van der Waals surface area contributed by atoms with Gasteiger partial charge in [0.25, 0.3) is 0 Å². The van der Waals surface area contributed by atoms with Crippen molar-refractivity contribution in [2.45, 2.75) is 19.6 Å². The summed E-state index contributed by atoms with van der Waals surface area (Å²) in [6.07, 6.45) is 0. The molecule has 0 aliphatic heterocycles. The van der Waals surface area contributed by atoms with Crippen LogP contribution in [0.1, 0.15) is 25.2 Å². The Balaban J connectivity index is 2.71. The van der Waals surface area contributed by atoms with Crippen LogP contribution < -0.4 is 0 Å². The predicted molar refractivity (Wildman–Crippen MR) is 92.9 cm³/mol. The van der Waals surface area contributed by atoms with E-state index in [0.717, 1.165) is 10.8 Å². The Kier molecular flexibility index (Phi) is 5.82. The minimum absolute atomic E-state index is 0.0852. The van der Waals surface area contributed by atoms with Gasteiger partial charge in [-0.25, -0.2) is 0 Å². The molecular weight excluding hydrogens is 313 g/mol. The summed E-state index contributed by atoms with van der Waals surface area (Å²) in [5, 5.41) is 12.3. The number of phenols is 1. The molecule has 5 nitrogen and oxygen atoms in total. The summed E-state index contributed by atoms with van der Waals surface area (Å²) in [4.78, 5) is 1.77. The number of phenolic OH excluding ortho intramolecular Hbond substituents is 1. The average Bonchev–Trinajstić information content (AvgIpc) is 2.50. The van der Waals surface area contributed by atoms with E-state index in [1.165, 1.54) is 0 Å². The number of hydrogen-bond acceptors (Lipinski definition) is 5. The van der Waals surface area contributed by atoms with E-state index < -0.39 is 13.4 Å². The maximum Gasteiger partial charge on any atom is 0.352 e. The van der Waals surface area contributed by atoms with Gasteiger partial charge in [-0.3, -0.25) is 9.46 Å². The Morgan fingerprint density at radius 3 is 2.26 bits per heavy atom. The van der Waals surface area contributed by atoms with Crippen LogP contribution in [0.5, 0.6) is 5.75 Å². The van der Waals surface area contributed by atoms with Gasteiger partial charge in [-0.1, -0.05) is 30.3 Å². The number of nitrogens with zero attached hydrogens (tertiary/aromatic N) is 1. The Morgan fingerprint density at radius 1 is 1.09 bits per heavy atom. The largest absolute Gasteiger partial charge is 0.508 e. The zero-order chi connectivity index (χ0) is 17.0. The summed E-state index contributed by atoms with van der Waals surface area (Å²) in [6, 6.07) is 11.1. The lowest BCUT2D eigenvalue weighted by Gasteiger charge is -2.32. The summed E-state index contributed by atoms with van der Waals surface area (Å²) in [5.74, 6) is -0.601. The second-order valence-electron chi connectivity index (χ2n) is 5.43. The summed E-state index contributed by atoms with van der Waals surface area (Å²) < 4.78 is 24.4. The van der Waals surface area contributed by atoms with E-state index in [-0.39, 0.29) is 19.0 Å². The van der Waals surface area contributed by atoms with Crippen LogP contribution in [-0.4, -0.2) is 37.3 Å². The fraction of sp³-hybridized carbons (Fsp3) is 0.412. The van der Waals surface area contributed by atoms with Gasteiger partial charge in [-0.2, -0.15) is 0 Å². The van der Waals surface area contributed by atoms with Gasteiger partial charge in [0, 0.05) is 5.56 Å². The van der Waals surface area contributed by atoms with Crippen LogP contribution >= 0.6 is 7.60 Å². The molecule has 0 saturated heterocycles. The molecule has 0 bridgehead atoms. The van der Waals surface area contributed by atoms with Crippen molar-refractivity contribution >= 4 is 18.4 Å². The fourth-order valence-corrected chi connectivity index (χ4v) is 5.02. The van der Waals surface area contributed by atoms with Gasteiger partial charge < -0.3 is 14.2 Å². The first kappa shape index (κ1) is 18.0. The lowest BCUT2D eigenvalue weighted by Crippen LogP contribution is -2.23. The molecule has 23 heavy (non-hydrogen) atoms. The predicted octanol–water partition coefficient (Wildman–Crippen LogP) is 4.37. The minimum Gasteiger partial charge on any atom is -0.508 e. The molecule has 0 aliphatic carbocycles. The Bertz CT molecular complexity index is 707. The zero-order valence-corrected chi connectivity index (χ0v) is 14.9. The van der Waals surface area contributed by atoms with E-state index in [0.29, 0.717) is 5.56 Å². The number of rotatable bonds is 7. The third-order valence-corrected chi connectivity index (χ3v) is 6.17. The first-order valence-electron chi connectivity index (χ1n) is 7.70. The van der Waals surface area contributed by atoms with Crippen molar-refractivity contribution in [3.63, 3.8) is 0 Å². The lowest BCUT2D eigenvalue weighted by molar-refractivity contribution is 0.186. The Morgan fingerprint density at radius 2 is 1.70 bits per heavy atom. The van der Waals surface area contributed by atoms with E-state index in [2.05, 4.69) is 0 Å². The first-order valence-corrected chi connectivity index (χ1v) is 9.31. The normalized spacial score (nSPS) is 13.6. The SMILES string of the molecule is CCOP(=O)(OCC)C(c1c(O)ccc2ccccc12)N(C)C. The van der Waals surface area contributed by atoms with Crippen LogP contribution in [-0.2, 0) is 13.6 Å². The summed E-state index contributed by atoms with van der Waals surface area (Å²) in [5.41, 5.74) is 0.568. The molecule has 2 rings (SSSR count). The van der Waals surface area contributed by atoms with E-state index in [1.54, 1.807) is 38.9 Å². The van der Waals surface area contributed by atoms with Crippen LogP contribution in [0.15, 0.2) is 36.4 Å². The van der Waals surface area contributed by atoms with Gasteiger partial charge in [0.05, 0.1) is 13.2 Å². The Hall–Kier alpha value is -1.39. The van der Waals surface area contributed by atoms with Gasteiger partial charge in [0.2, 0.25) is 0 Å². The Labute approximate surface area is 137 Å². The molecule has 0 aromatic heterocycles. The molecule has 0 spiro atoms. The van der Waals surface area contributed by atoms with Gasteiger partial charge in [0.15, 0.2) is 0 Å². The van der Waals surface area contributed by atoms with E-state index >= 15 is 0 Å². The van der Waals surface area contributed by atoms with E-state index in [4.69, 9.17) is 9.05 Å². The maximum atomic E-state index is 13.4. The third-order valence-electron chi connectivity index (χ3n) is 3.61. The van der Waals surface area contributed by atoms with Gasteiger partial charge in [-0.15, -0.1) is 0 Å². The second-order valence-corrected chi connectivity index (χ2v) is 7.52. The highest BCUT2D eigenvalue weighted by Crippen LogP contribution is 2.63. The van der Waals surface area contributed by atoms with Crippen LogP contribution in [0, 0.1) is 0 Å². The van der Waals surface area contributed by atoms with Crippen molar-refractivity contribution in [1.82, 2.24) is 4.90 Å². The molecule has 2 aromatic rings. The van der Waals surface area contributed by atoms with E-state index in [1.807, 2.05) is 30.3 Å². The van der Waals surface area contributed by atoms with Gasteiger partial charge in [0.1, 0.15) is 11.5 Å². The smallest absolute Gasteiger partial charge is 0.352 e. The summed E-state index contributed by atoms with van der Waals surface area (Å²) in [6.45, 7) is 4.10. The molecule has 0 amide bonds. The van der Waals surface area contributed by atoms with Crippen molar-refractivity contribution < 1.29 is 18.7 Å². The van der Waals surface area contributed by atoms with Crippen LogP contribution in [0.3, 0.4) is 0 Å². The highest BCUT2D eigenvalue weighted by Gasteiger charge is 2.41. The van der Waals surface area contributed by atoms with Gasteiger partial charge in [-0.05, 0) is 44.8 Å². The van der Waals surface area contributed by atoms with Crippen molar-refractivity contribution in [3.05, 3.63) is 42.0 Å². The topological polar surface area (TPSA) is 59.0 Å². The minimum atomic E-state index is -3.47. The van der Waals surface area contributed by atoms with Gasteiger partial charge >= 0.3 is 7.60 Å². The molecule has 0 heterocycles. The van der Waals surface area contributed by atoms with Crippen LogP contribution in [0.2, 0.25) is 0 Å². The summed E-state index contributed by atoms with van der Waals surface area (Å²) >= 11 is 0. The fourth-order valence-electron chi connectivity index (χ4n) is 2.79. The monoisotopic (exact) mass is 337 g/mol. The molecule has 1 unspecified atom stereocenters. The molecular formula is C17H24NO4P. The molecule has 2 aromatic carbocycles. The molecule has 1 atom stereocenters. The quantitative estimate of drug-likeness (QED) is 0.760. The molecule has 126 valence electrons. The molecule has 1 N–H and O–H groups in total. The molecule has 0 radical (unpaired) electrons. The van der Waals surface area contributed by atoms with Crippen LogP contribution in [0.25, 0.3) is 10.8 Å². The van der Waals surface area contributed by atoms with E-state index in [9.17, 15) is 9.67 Å². The molecule has 6 heteroatoms. The van der Waals surface area contributed by atoms with Crippen molar-refractivity contribution in [1.29, 1.82) is 0 Å². The molecule has 0 saturated carbocycles. The molecule has 0 aliphatic rings. The first-order chi connectivity index (χ1) is 10.9. The number of benzene rings is 2. The summed E-state index contributed by atoms with van der Waals surface area (Å²) in [7, 11) is 0.131. The van der Waals surface area contributed by atoms with Crippen molar-refractivity contribution in [2.75, 3.05) is 27.3 Å². The third kappa shape index (κ3) is 3.59. The second kappa shape index (κ2) is 7.45. The maximum absolute atomic E-state index is 13.4. The standard InChI is InChI=1S/C17H24NO4P/c1-5-21-23(20,22-6-2)17(18(3)4)16-14-10-8-7-9-13(14)11-12-15(16)19/h7-12,17,19H,5-6H2,1-4H3. The highest BCUT2D eigenvalue weighted by atomic mass is 31.2. The number of fused-ring (bicyclic) bond motifs is 1. The van der Waals surface area contributed by atoms with Crippen molar-refractivity contribution in [3.8, 4) is 5.75 Å². The van der Waals surface area contributed by atoms with Crippen LogP contribution in [0.4, 0.5) is 0 Å². The lowest BCUT2D eigenvalue weighted by atomic mass is 10.0. The van der Waals surface area contributed by atoms with Crippen molar-refractivity contribution in [2.24, 2.45) is 0 Å². The number of aromatic hydroxyl groups is 1. The highest BCUT2D eigenvalue weighted by molar-refractivity contribution is 7.54. The molecule has 0 fully saturated rings. The average molecular weight is 337 g/mol. The zero-order valence-electron chi connectivity index (χ0n) is 14.0.